The monoisotopic (exact) mass is 276 g/mol. The van der Waals surface area contributed by atoms with Gasteiger partial charge in [-0.1, -0.05) is 0 Å². The van der Waals surface area contributed by atoms with Crippen molar-refractivity contribution >= 4 is 17.3 Å². The molecule has 0 atom stereocenters. The van der Waals surface area contributed by atoms with E-state index < -0.39 is 5.82 Å². The molecule has 0 bridgehead atoms. The van der Waals surface area contributed by atoms with Crippen molar-refractivity contribution in [3.63, 3.8) is 0 Å². The van der Waals surface area contributed by atoms with E-state index in [4.69, 9.17) is 4.74 Å². The van der Waals surface area contributed by atoms with Gasteiger partial charge in [0.1, 0.15) is 17.5 Å². The van der Waals surface area contributed by atoms with Crippen LogP contribution in [-0.2, 0) is 0 Å². The third-order valence-electron chi connectivity index (χ3n) is 2.62. The maximum absolute atomic E-state index is 13.6. The summed E-state index contributed by atoms with van der Waals surface area (Å²) in [6.45, 7) is 4.57. The highest BCUT2D eigenvalue weighted by Crippen LogP contribution is 2.23. The van der Waals surface area contributed by atoms with Crippen molar-refractivity contribution in [3.8, 4) is 5.75 Å². The third-order valence-corrected chi connectivity index (χ3v) is 2.62. The summed E-state index contributed by atoms with van der Waals surface area (Å²) < 4.78 is 18.5. The maximum atomic E-state index is 13.6. The minimum Gasteiger partial charge on any atom is -0.494 e. The molecule has 106 valence electrons. The van der Waals surface area contributed by atoms with E-state index in [-0.39, 0.29) is 5.75 Å². The van der Waals surface area contributed by atoms with Gasteiger partial charge in [0.05, 0.1) is 7.11 Å². The van der Waals surface area contributed by atoms with Gasteiger partial charge in [0.2, 0.25) is 0 Å². The number of rotatable bonds is 5. The molecule has 6 heteroatoms. The third kappa shape index (κ3) is 3.34. The fourth-order valence-electron chi connectivity index (χ4n) is 1.80. The summed E-state index contributed by atoms with van der Waals surface area (Å²) in [5, 5.41) is 6.17. The molecule has 1 aromatic heterocycles. The SMILES string of the molecule is CCNc1cc(Nc2ccc(OC)c(F)c2)nc(C)n1. The Balaban J connectivity index is 2.23. The van der Waals surface area contributed by atoms with Crippen LogP contribution in [0.15, 0.2) is 24.3 Å². The van der Waals surface area contributed by atoms with Crippen LogP contribution in [0.25, 0.3) is 0 Å². The second-order valence-electron chi connectivity index (χ2n) is 4.19. The summed E-state index contributed by atoms with van der Waals surface area (Å²) in [7, 11) is 1.43. The van der Waals surface area contributed by atoms with Crippen molar-refractivity contribution in [2.24, 2.45) is 0 Å². The average molecular weight is 276 g/mol. The fourth-order valence-corrected chi connectivity index (χ4v) is 1.80. The van der Waals surface area contributed by atoms with E-state index in [0.29, 0.717) is 17.3 Å². The van der Waals surface area contributed by atoms with Crippen LogP contribution in [-0.4, -0.2) is 23.6 Å². The predicted molar refractivity (Wildman–Crippen MR) is 77.2 cm³/mol. The van der Waals surface area contributed by atoms with Crippen LogP contribution < -0.4 is 15.4 Å². The molecule has 5 nitrogen and oxygen atoms in total. The molecule has 0 aliphatic heterocycles. The Bertz CT molecular complexity index is 604. The van der Waals surface area contributed by atoms with Crippen molar-refractivity contribution in [2.75, 3.05) is 24.3 Å². The Morgan fingerprint density at radius 3 is 2.60 bits per heavy atom. The molecule has 0 spiro atoms. The van der Waals surface area contributed by atoms with Crippen molar-refractivity contribution in [2.45, 2.75) is 13.8 Å². The van der Waals surface area contributed by atoms with Gasteiger partial charge in [0, 0.05) is 24.4 Å². The number of aromatic nitrogens is 2. The highest BCUT2D eigenvalue weighted by Gasteiger charge is 2.06. The quantitative estimate of drug-likeness (QED) is 0.878. The zero-order valence-electron chi connectivity index (χ0n) is 11.7. The molecular weight excluding hydrogens is 259 g/mol. The Morgan fingerprint density at radius 2 is 1.95 bits per heavy atom. The first-order valence-corrected chi connectivity index (χ1v) is 6.32. The summed E-state index contributed by atoms with van der Waals surface area (Å²) in [6, 6.07) is 6.44. The van der Waals surface area contributed by atoms with Crippen LogP contribution in [0.4, 0.5) is 21.7 Å². The number of hydrogen-bond acceptors (Lipinski definition) is 5. The van der Waals surface area contributed by atoms with Crippen LogP contribution in [0.3, 0.4) is 0 Å². The molecule has 2 aromatic rings. The zero-order chi connectivity index (χ0) is 14.5. The number of nitrogens with zero attached hydrogens (tertiary/aromatic N) is 2. The number of benzene rings is 1. The van der Waals surface area contributed by atoms with Crippen LogP contribution in [0.5, 0.6) is 5.75 Å². The Hall–Kier alpha value is -2.37. The molecule has 20 heavy (non-hydrogen) atoms. The Kier molecular flexibility index (Phi) is 4.34. The highest BCUT2D eigenvalue weighted by molar-refractivity contribution is 5.60. The van der Waals surface area contributed by atoms with E-state index in [1.165, 1.54) is 13.2 Å². The molecule has 1 aromatic carbocycles. The van der Waals surface area contributed by atoms with Crippen molar-refractivity contribution in [1.29, 1.82) is 0 Å². The number of ether oxygens (including phenoxy) is 1. The van der Waals surface area contributed by atoms with Crippen molar-refractivity contribution < 1.29 is 9.13 Å². The van der Waals surface area contributed by atoms with Gasteiger partial charge in [0.15, 0.2) is 11.6 Å². The van der Waals surface area contributed by atoms with Gasteiger partial charge in [-0.15, -0.1) is 0 Å². The van der Waals surface area contributed by atoms with E-state index >= 15 is 0 Å². The van der Waals surface area contributed by atoms with Gasteiger partial charge >= 0.3 is 0 Å². The van der Waals surface area contributed by atoms with Crippen LogP contribution >= 0.6 is 0 Å². The Morgan fingerprint density at radius 1 is 1.20 bits per heavy atom. The average Bonchev–Trinajstić information content (AvgIpc) is 2.38. The van der Waals surface area contributed by atoms with E-state index in [1.54, 1.807) is 25.1 Å². The molecule has 0 saturated heterocycles. The largest absolute Gasteiger partial charge is 0.494 e. The van der Waals surface area contributed by atoms with Gasteiger partial charge in [-0.3, -0.25) is 0 Å². The first-order valence-electron chi connectivity index (χ1n) is 6.32. The lowest BCUT2D eigenvalue weighted by atomic mass is 10.3. The van der Waals surface area contributed by atoms with Gasteiger partial charge in [0.25, 0.3) is 0 Å². The molecule has 2 N–H and O–H groups in total. The second kappa shape index (κ2) is 6.18. The maximum Gasteiger partial charge on any atom is 0.167 e. The zero-order valence-corrected chi connectivity index (χ0v) is 11.7. The van der Waals surface area contributed by atoms with Gasteiger partial charge in [-0.2, -0.15) is 0 Å². The lowest BCUT2D eigenvalue weighted by Gasteiger charge is -2.10. The van der Waals surface area contributed by atoms with Gasteiger partial charge in [-0.25, -0.2) is 14.4 Å². The molecule has 0 aliphatic carbocycles. The van der Waals surface area contributed by atoms with E-state index in [2.05, 4.69) is 20.6 Å². The first kappa shape index (κ1) is 14.0. The molecule has 2 rings (SSSR count). The number of hydrogen-bond donors (Lipinski definition) is 2. The van der Waals surface area contributed by atoms with Crippen molar-refractivity contribution in [3.05, 3.63) is 35.9 Å². The lowest BCUT2D eigenvalue weighted by Crippen LogP contribution is -2.04. The molecule has 1 heterocycles. The second-order valence-corrected chi connectivity index (χ2v) is 4.19. The van der Waals surface area contributed by atoms with Crippen LogP contribution in [0.2, 0.25) is 0 Å². The number of methoxy groups -OCH3 is 1. The van der Waals surface area contributed by atoms with Crippen LogP contribution in [0, 0.1) is 12.7 Å². The molecule has 0 radical (unpaired) electrons. The summed E-state index contributed by atoms with van der Waals surface area (Å²) in [5.41, 5.74) is 0.601. The number of aryl methyl sites for hydroxylation is 1. The number of halogens is 1. The number of anilines is 3. The van der Waals surface area contributed by atoms with Gasteiger partial charge in [-0.05, 0) is 26.0 Å². The summed E-state index contributed by atoms with van der Waals surface area (Å²) >= 11 is 0. The smallest absolute Gasteiger partial charge is 0.167 e. The van der Waals surface area contributed by atoms with E-state index in [0.717, 1.165) is 12.4 Å². The summed E-state index contributed by atoms with van der Waals surface area (Å²) in [4.78, 5) is 8.52. The molecular formula is C14H17FN4O. The molecule has 0 unspecified atom stereocenters. The molecule has 0 amide bonds. The molecule has 0 fully saturated rings. The molecule has 0 aliphatic rings. The predicted octanol–water partition coefficient (Wildman–Crippen LogP) is 3.11. The van der Waals surface area contributed by atoms with E-state index in [9.17, 15) is 4.39 Å². The van der Waals surface area contributed by atoms with Crippen molar-refractivity contribution in [1.82, 2.24) is 9.97 Å². The standard InChI is InChI=1S/C14H17FN4O/c1-4-16-13-8-14(18-9(2)17-13)19-10-5-6-12(20-3)11(15)7-10/h5-8H,4H2,1-3H3,(H2,16,17,18,19). The minimum absolute atomic E-state index is 0.211. The fraction of sp³-hybridized carbons (Fsp3) is 0.286. The minimum atomic E-state index is -0.421. The Labute approximate surface area is 117 Å². The summed E-state index contributed by atoms with van der Waals surface area (Å²) in [6.07, 6.45) is 0. The van der Waals surface area contributed by atoms with Gasteiger partial charge < -0.3 is 15.4 Å². The number of nitrogens with one attached hydrogen (secondary N) is 2. The topological polar surface area (TPSA) is 59.1 Å². The van der Waals surface area contributed by atoms with Crippen LogP contribution in [0.1, 0.15) is 12.7 Å². The van der Waals surface area contributed by atoms with E-state index in [1.807, 2.05) is 6.92 Å². The highest BCUT2D eigenvalue weighted by atomic mass is 19.1. The normalized spacial score (nSPS) is 10.2. The lowest BCUT2D eigenvalue weighted by molar-refractivity contribution is 0.386. The summed E-state index contributed by atoms with van der Waals surface area (Å²) in [5.74, 6) is 1.77. The first-order chi connectivity index (χ1) is 9.62. The molecule has 0 saturated carbocycles.